The highest BCUT2D eigenvalue weighted by Crippen LogP contribution is 2.34. The van der Waals surface area contributed by atoms with Crippen molar-refractivity contribution in [2.75, 3.05) is 27.9 Å². The third kappa shape index (κ3) is 5.74. The molecule has 0 spiro atoms. The Bertz CT molecular complexity index is 641. The molecule has 2 rings (SSSR count). The summed E-state index contributed by atoms with van der Waals surface area (Å²) in [7, 11) is 4.43. The van der Waals surface area contributed by atoms with Crippen LogP contribution in [-0.4, -0.2) is 39.8 Å². The topological polar surface area (TPSA) is 99.9 Å². The highest BCUT2D eigenvalue weighted by Gasteiger charge is 2.33. The maximum absolute atomic E-state index is 12.8. The molecule has 0 bridgehead atoms. The third-order valence-electron chi connectivity index (χ3n) is 5.02. The minimum atomic E-state index is -0.506. The second-order valence-electron chi connectivity index (χ2n) is 6.49. The van der Waals surface area contributed by atoms with Crippen molar-refractivity contribution in [2.45, 2.75) is 31.7 Å². The molecule has 7 nitrogen and oxygen atoms in total. The molecule has 1 fully saturated rings. The van der Waals surface area contributed by atoms with Gasteiger partial charge in [0.2, 0.25) is 5.91 Å². The average Bonchev–Trinajstić information content (AvgIpc) is 3.15. The van der Waals surface area contributed by atoms with Crippen LogP contribution in [0, 0.1) is 11.8 Å². The number of halogens is 1. The zero-order valence-corrected chi connectivity index (χ0v) is 16.8. The molecule has 1 aliphatic carbocycles. The van der Waals surface area contributed by atoms with Crippen molar-refractivity contribution in [1.82, 2.24) is 5.32 Å². The number of carbonyl (C=O) groups is 2. The number of hydrogen-bond acceptors (Lipinski definition) is 6. The van der Waals surface area contributed by atoms with Gasteiger partial charge in [-0.2, -0.15) is 0 Å². The number of nitrogens with one attached hydrogen (secondary N) is 1. The van der Waals surface area contributed by atoms with E-state index in [9.17, 15) is 9.59 Å². The molecule has 1 amide bonds. The third-order valence-corrected chi connectivity index (χ3v) is 5.02. The van der Waals surface area contributed by atoms with Crippen molar-refractivity contribution in [3.05, 3.63) is 23.8 Å². The molecule has 8 heteroatoms. The zero-order chi connectivity index (χ0) is 19.1. The maximum atomic E-state index is 12.8. The van der Waals surface area contributed by atoms with Crippen LogP contribution >= 0.6 is 12.4 Å². The molecule has 1 aromatic carbocycles. The largest absolute Gasteiger partial charge is 0.493 e. The molecule has 1 aliphatic rings. The van der Waals surface area contributed by atoms with Crippen molar-refractivity contribution in [1.29, 1.82) is 0 Å². The summed E-state index contributed by atoms with van der Waals surface area (Å²) in [5.74, 6) is 0.737. The van der Waals surface area contributed by atoms with Crippen LogP contribution in [0.3, 0.4) is 0 Å². The van der Waals surface area contributed by atoms with E-state index in [1.807, 2.05) is 6.07 Å². The standard InChI is InChI=1S/C19H28N2O5.ClH/c1-24-16-8-7-12(9-17(16)25-2)15(10-18(22)26-3)21-19(23)14-6-4-5-13(14)11-20;/h7-9,13-15H,4-6,10-11,20H2,1-3H3,(H,21,23);1H/t13-,14-,15?;/m1./s1. The Kier molecular flexibility index (Phi) is 9.38. The van der Waals surface area contributed by atoms with Crippen LogP contribution < -0.4 is 20.5 Å². The van der Waals surface area contributed by atoms with Crippen molar-refractivity contribution >= 4 is 24.3 Å². The van der Waals surface area contributed by atoms with Gasteiger partial charge in [-0.05, 0) is 43.0 Å². The van der Waals surface area contributed by atoms with Gasteiger partial charge in [-0.3, -0.25) is 9.59 Å². The minimum absolute atomic E-state index is 0. The summed E-state index contributed by atoms with van der Waals surface area (Å²) in [6, 6.07) is 4.82. The number of amides is 1. The van der Waals surface area contributed by atoms with Crippen LogP contribution in [0.2, 0.25) is 0 Å². The van der Waals surface area contributed by atoms with E-state index in [-0.39, 0.29) is 36.6 Å². The van der Waals surface area contributed by atoms with E-state index in [1.54, 1.807) is 26.4 Å². The fourth-order valence-corrected chi connectivity index (χ4v) is 3.51. The SMILES string of the molecule is COC(=O)CC(NC(=O)[C@@H]1CCC[C@@H]1CN)c1ccc(OC)c(OC)c1.Cl. The minimum Gasteiger partial charge on any atom is -0.493 e. The number of nitrogens with two attached hydrogens (primary N) is 1. The van der Waals surface area contributed by atoms with Gasteiger partial charge in [0.05, 0.1) is 33.8 Å². The van der Waals surface area contributed by atoms with Crippen molar-refractivity contribution < 1.29 is 23.8 Å². The number of methoxy groups -OCH3 is 3. The van der Waals surface area contributed by atoms with Crippen LogP contribution in [0.1, 0.15) is 37.3 Å². The molecule has 3 N–H and O–H groups in total. The Morgan fingerprint density at radius 1 is 1.19 bits per heavy atom. The number of rotatable bonds is 8. The molecule has 27 heavy (non-hydrogen) atoms. The molecular formula is C19H29ClN2O5. The monoisotopic (exact) mass is 400 g/mol. The van der Waals surface area contributed by atoms with E-state index in [2.05, 4.69) is 5.32 Å². The number of carbonyl (C=O) groups excluding carboxylic acids is 2. The molecule has 1 aromatic rings. The molecule has 3 atom stereocenters. The quantitative estimate of drug-likeness (QED) is 0.649. The van der Waals surface area contributed by atoms with Gasteiger partial charge < -0.3 is 25.3 Å². The fourth-order valence-electron chi connectivity index (χ4n) is 3.51. The smallest absolute Gasteiger partial charge is 0.307 e. The average molecular weight is 401 g/mol. The van der Waals surface area contributed by atoms with Crippen LogP contribution in [-0.2, 0) is 14.3 Å². The summed E-state index contributed by atoms with van der Waals surface area (Å²) in [5.41, 5.74) is 6.54. The van der Waals surface area contributed by atoms with Gasteiger partial charge in [-0.1, -0.05) is 12.5 Å². The Morgan fingerprint density at radius 2 is 1.89 bits per heavy atom. The first kappa shape index (κ1) is 23.0. The second kappa shape index (κ2) is 11.0. The van der Waals surface area contributed by atoms with Crippen LogP contribution in [0.4, 0.5) is 0 Å². The summed E-state index contributed by atoms with van der Waals surface area (Å²) >= 11 is 0. The van der Waals surface area contributed by atoms with E-state index in [0.29, 0.717) is 18.0 Å². The van der Waals surface area contributed by atoms with Gasteiger partial charge in [0.1, 0.15) is 0 Å². The molecule has 1 unspecified atom stereocenters. The van der Waals surface area contributed by atoms with Gasteiger partial charge in [0.25, 0.3) is 0 Å². The van der Waals surface area contributed by atoms with Crippen LogP contribution in [0.15, 0.2) is 18.2 Å². The van der Waals surface area contributed by atoms with Crippen molar-refractivity contribution in [3.63, 3.8) is 0 Å². The Hall–Kier alpha value is -1.99. The molecule has 0 aromatic heterocycles. The van der Waals surface area contributed by atoms with Gasteiger partial charge in [-0.25, -0.2) is 0 Å². The summed E-state index contributed by atoms with van der Waals surface area (Å²) in [6.45, 7) is 0.496. The maximum Gasteiger partial charge on any atom is 0.307 e. The van der Waals surface area contributed by atoms with Gasteiger partial charge >= 0.3 is 5.97 Å². The molecule has 152 valence electrons. The van der Waals surface area contributed by atoms with Gasteiger partial charge in [0.15, 0.2) is 11.5 Å². The first-order valence-corrected chi connectivity index (χ1v) is 8.83. The molecule has 1 saturated carbocycles. The lowest BCUT2D eigenvalue weighted by Crippen LogP contribution is -2.38. The van der Waals surface area contributed by atoms with Crippen LogP contribution in [0.25, 0.3) is 0 Å². The van der Waals surface area contributed by atoms with E-state index in [0.717, 1.165) is 24.8 Å². The highest BCUT2D eigenvalue weighted by molar-refractivity contribution is 5.85. The second-order valence-corrected chi connectivity index (χ2v) is 6.49. The van der Waals surface area contributed by atoms with E-state index in [1.165, 1.54) is 7.11 Å². The predicted molar refractivity (Wildman–Crippen MR) is 104 cm³/mol. The number of esters is 1. The molecule has 0 radical (unpaired) electrons. The molecule has 0 heterocycles. The van der Waals surface area contributed by atoms with Crippen molar-refractivity contribution in [3.8, 4) is 11.5 Å². The lowest BCUT2D eigenvalue weighted by atomic mass is 9.94. The number of hydrogen-bond donors (Lipinski definition) is 2. The number of ether oxygens (including phenoxy) is 3. The van der Waals surface area contributed by atoms with Crippen LogP contribution in [0.5, 0.6) is 11.5 Å². The fraction of sp³-hybridized carbons (Fsp3) is 0.579. The van der Waals surface area contributed by atoms with E-state index >= 15 is 0 Å². The summed E-state index contributed by atoms with van der Waals surface area (Å²) < 4.78 is 15.4. The van der Waals surface area contributed by atoms with Crippen molar-refractivity contribution in [2.24, 2.45) is 17.6 Å². The molecule has 0 aliphatic heterocycles. The first-order chi connectivity index (χ1) is 12.5. The predicted octanol–water partition coefficient (Wildman–Crippen LogP) is 2.22. The zero-order valence-electron chi connectivity index (χ0n) is 16.0. The summed E-state index contributed by atoms with van der Waals surface area (Å²) in [6.07, 6.45) is 2.83. The lowest BCUT2D eigenvalue weighted by molar-refractivity contribution is -0.141. The van der Waals surface area contributed by atoms with E-state index < -0.39 is 12.0 Å². The van der Waals surface area contributed by atoms with E-state index in [4.69, 9.17) is 19.9 Å². The Labute approximate surface area is 166 Å². The molecular weight excluding hydrogens is 372 g/mol. The summed E-state index contributed by atoms with van der Waals surface area (Å²) in [5, 5.41) is 3.00. The normalized spacial score (nSPS) is 19.6. The first-order valence-electron chi connectivity index (χ1n) is 8.83. The lowest BCUT2D eigenvalue weighted by Gasteiger charge is -2.23. The number of benzene rings is 1. The van der Waals surface area contributed by atoms with Gasteiger partial charge in [0, 0.05) is 5.92 Å². The van der Waals surface area contributed by atoms with Gasteiger partial charge in [-0.15, -0.1) is 12.4 Å². The summed E-state index contributed by atoms with van der Waals surface area (Å²) in [4.78, 5) is 24.6. The molecule has 0 saturated heterocycles. The Balaban J connectivity index is 0.00000364. The Morgan fingerprint density at radius 3 is 2.48 bits per heavy atom. The highest BCUT2D eigenvalue weighted by atomic mass is 35.5.